The number of hydroxylamine groups is 2. The monoisotopic (exact) mass is 259 g/mol. The van der Waals surface area contributed by atoms with E-state index in [2.05, 4.69) is 4.84 Å². The average molecular weight is 259 g/mol. The molecule has 0 spiro atoms. The van der Waals surface area contributed by atoms with Crippen LogP contribution in [0.5, 0.6) is 0 Å². The molecule has 0 aliphatic carbocycles. The zero-order valence-electron chi connectivity index (χ0n) is 10.1. The van der Waals surface area contributed by atoms with Gasteiger partial charge in [0.15, 0.2) is 0 Å². The summed E-state index contributed by atoms with van der Waals surface area (Å²) in [6.07, 6.45) is 1.51. The van der Waals surface area contributed by atoms with E-state index in [4.69, 9.17) is 9.84 Å². The van der Waals surface area contributed by atoms with Gasteiger partial charge < -0.3 is 14.7 Å². The Hall–Kier alpha value is -1.47. The Morgan fingerprint density at radius 3 is 2.44 bits per heavy atom. The van der Waals surface area contributed by atoms with Crippen LogP contribution in [0.25, 0.3) is 0 Å². The van der Waals surface area contributed by atoms with E-state index in [0.29, 0.717) is 24.5 Å². The van der Waals surface area contributed by atoms with Crippen molar-refractivity contribution in [3.8, 4) is 0 Å². The number of nitrogens with zero attached hydrogens (tertiary/aromatic N) is 1. The third-order valence-electron chi connectivity index (χ3n) is 2.35. The van der Waals surface area contributed by atoms with Crippen molar-refractivity contribution in [1.29, 1.82) is 0 Å². The number of hydrogen-bond donors (Lipinski definition) is 1. The SMILES string of the molecule is O=C(CCCCOCCO)ON1C(=O)CCC1=O. The van der Waals surface area contributed by atoms with Crippen LogP contribution in [0.2, 0.25) is 0 Å². The van der Waals surface area contributed by atoms with Crippen molar-refractivity contribution in [3.05, 3.63) is 0 Å². The lowest BCUT2D eigenvalue weighted by Crippen LogP contribution is -2.31. The maximum atomic E-state index is 11.3. The summed E-state index contributed by atoms with van der Waals surface area (Å²) in [5, 5.41) is 9.00. The quantitative estimate of drug-likeness (QED) is 0.478. The lowest BCUT2D eigenvalue weighted by Gasteiger charge is -2.12. The molecule has 7 heteroatoms. The molecule has 0 aromatic heterocycles. The van der Waals surface area contributed by atoms with Crippen molar-refractivity contribution in [2.45, 2.75) is 32.1 Å². The number of amides is 2. The lowest BCUT2D eigenvalue weighted by atomic mass is 10.2. The van der Waals surface area contributed by atoms with Gasteiger partial charge in [0, 0.05) is 25.9 Å². The highest BCUT2D eigenvalue weighted by atomic mass is 16.7. The molecule has 0 aromatic carbocycles. The summed E-state index contributed by atoms with van der Waals surface area (Å²) < 4.78 is 5.01. The molecule has 1 heterocycles. The second-order valence-corrected chi connectivity index (χ2v) is 3.84. The fraction of sp³-hybridized carbons (Fsp3) is 0.727. The Labute approximate surface area is 105 Å². The molecule has 0 radical (unpaired) electrons. The molecule has 2 amide bonds. The largest absolute Gasteiger partial charge is 0.394 e. The fourth-order valence-corrected chi connectivity index (χ4v) is 1.45. The topological polar surface area (TPSA) is 93.1 Å². The molecule has 18 heavy (non-hydrogen) atoms. The summed E-state index contributed by atoms with van der Waals surface area (Å²) in [5.74, 6) is -1.54. The molecule has 0 saturated carbocycles. The van der Waals surface area contributed by atoms with Crippen LogP contribution >= 0.6 is 0 Å². The van der Waals surface area contributed by atoms with E-state index in [1.165, 1.54) is 0 Å². The first-order chi connectivity index (χ1) is 8.65. The third kappa shape index (κ3) is 4.80. The molecule has 1 N–H and O–H groups in total. The van der Waals surface area contributed by atoms with Gasteiger partial charge in [-0.25, -0.2) is 4.79 Å². The predicted molar refractivity (Wildman–Crippen MR) is 58.9 cm³/mol. The zero-order chi connectivity index (χ0) is 13.4. The molecule has 0 unspecified atom stereocenters. The number of unbranched alkanes of at least 4 members (excludes halogenated alkanes) is 1. The molecule has 1 aliphatic heterocycles. The van der Waals surface area contributed by atoms with Crippen molar-refractivity contribution >= 4 is 17.8 Å². The molecular formula is C11H17NO6. The van der Waals surface area contributed by atoms with E-state index in [-0.39, 0.29) is 32.5 Å². The molecule has 7 nitrogen and oxygen atoms in total. The van der Waals surface area contributed by atoms with Gasteiger partial charge in [-0.15, -0.1) is 5.06 Å². The predicted octanol–water partition coefficient (Wildman–Crippen LogP) is -0.227. The summed E-state index contributed by atoms with van der Waals surface area (Å²) in [4.78, 5) is 38.3. The Balaban J connectivity index is 2.10. The number of carbonyl (C=O) groups is 3. The number of imide groups is 1. The smallest absolute Gasteiger partial charge is 0.333 e. The third-order valence-corrected chi connectivity index (χ3v) is 2.35. The van der Waals surface area contributed by atoms with Gasteiger partial charge in [-0.3, -0.25) is 9.59 Å². The first-order valence-corrected chi connectivity index (χ1v) is 5.90. The maximum Gasteiger partial charge on any atom is 0.333 e. The van der Waals surface area contributed by atoms with Crippen LogP contribution < -0.4 is 0 Å². The van der Waals surface area contributed by atoms with E-state index in [9.17, 15) is 14.4 Å². The van der Waals surface area contributed by atoms with E-state index < -0.39 is 17.8 Å². The van der Waals surface area contributed by atoms with E-state index in [1.54, 1.807) is 0 Å². The van der Waals surface area contributed by atoms with E-state index >= 15 is 0 Å². The second kappa shape index (κ2) is 7.78. The highest BCUT2D eigenvalue weighted by Crippen LogP contribution is 2.13. The summed E-state index contributed by atoms with van der Waals surface area (Å²) >= 11 is 0. The Morgan fingerprint density at radius 1 is 1.17 bits per heavy atom. The maximum absolute atomic E-state index is 11.3. The van der Waals surface area contributed by atoms with Crippen molar-refractivity contribution < 1.29 is 29.1 Å². The molecule has 1 saturated heterocycles. The van der Waals surface area contributed by atoms with Crippen molar-refractivity contribution in [2.75, 3.05) is 19.8 Å². The number of aliphatic hydroxyl groups excluding tert-OH is 1. The number of ether oxygens (including phenoxy) is 1. The molecular weight excluding hydrogens is 242 g/mol. The summed E-state index contributed by atoms with van der Waals surface area (Å²) in [6.45, 7) is 0.706. The Morgan fingerprint density at radius 2 is 1.83 bits per heavy atom. The standard InChI is InChI=1S/C11H17NO6/c13-6-8-17-7-2-1-3-11(16)18-12-9(14)4-5-10(12)15/h13H,1-8H2. The molecule has 1 rings (SSSR count). The Kier molecular flexibility index (Phi) is 6.31. The van der Waals surface area contributed by atoms with Crippen LogP contribution in [-0.4, -0.2) is 47.8 Å². The second-order valence-electron chi connectivity index (χ2n) is 3.84. The highest BCUT2D eigenvalue weighted by molar-refractivity contribution is 6.01. The minimum atomic E-state index is -0.597. The lowest BCUT2D eigenvalue weighted by molar-refractivity contribution is -0.197. The zero-order valence-corrected chi connectivity index (χ0v) is 10.1. The van der Waals surface area contributed by atoms with E-state index in [1.807, 2.05) is 0 Å². The Bertz CT molecular complexity index is 301. The van der Waals surface area contributed by atoms with Gasteiger partial charge in [-0.1, -0.05) is 0 Å². The molecule has 0 aromatic rings. The van der Waals surface area contributed by atoms with Gasteiger partial charge in [0.2, 0.25) is 0 Å². The number of carbonyl (C=O) groups excluding carboxylic acids is 3. The van der Waals surface area contributed by atoms with Crippen LogP contribution in [0.3, 0.4) is 0 Å². The van der Waals surface area contributed by atoms with Crippen LogP contribution in [0.1, 0.15) is 32.1 Å². The molecule has 0 atom stereocenters. The minimum absolute atomic E-state index is 0.0266. The van der Waals surface area contributed by atoms with Gasteiger partial charge in [0.1, 0.15) is 0 Å². The first-order valence-electron chi connectivity index (χ1n) is 5.90. The normalized spacial score (nSPS) is 15.3. The van der Waals surface area contributed by atoms with Gasteiger partial charge in [0.05, 0.1) is 13.2 Å². The fourth-order valence-electron chi connectivity index (χ4n) is 1.45. The summed E-state index contributed by atoms with van der Waals surface area (Å²) in [5.41, 5.74) is 0. The molecule has 0 bridgehead atoms. The average Bonchev–Trinajstić information content (AvgIpc) is 2.65. The van der Waals surface area contributed by atoms with Crippen LogP contribution in [-0.2, 0) is 24.0 Å². The van der Waals surface area contributed by atoms with Gasteiger partial charge in [0.25, 0.3) is 11.8 Å². The number of rotatable bonds is 8. The van der Waals surface area contributed by atoms with Gasteiger partial charge in [-0.05, 0) is 12.8 Å². The first kappa shape index (κ1) is 14.6. The molecule has 1 aliphatic rings. The number of hydrogen-bond acceptors (Lipinski definition) is 6. The summed E-state index contributed by atoms with van der Waals surface area (Å²) in [7, 11) is 0. The van der Waals surface area contributed by atoms with Crippen LogP contribution in [0.15, 0.2) is 0 Å². The van der Waals surface area contributed by atoms with Gasteiger partial charge in [-0.2, -0.15) is 0 Å². The molecule has 102 valence electrons. The van der Waals surface area contributed by atoms with Crippen molar-refractivity contribution in [3.63, 3.8) is 0 Å². The van der Waals surface area contributed by atoms with Crippen LogP contribution in [0.4, 0.5) is 0 Å². The van der Waals surface area contributed by atoms with Crippen molar-refractivity contribution in [1.82, 2.24) is 5.06 Å². The van der Waals surface area contributed by atoms with E-state index in [0.717, 1.165) is 0 Å². The van der Waals surface area contributed by atoms with Gasteiger partial charge >= 0.3 is 5.97 Å². The summed E-state index contributed by atoms with van der Waals surface area (Å²) in [6, 6.07) is 0. The highest BCUT2D eigenvalue weighted by Gasteiger charge is 2.32. The number of aliphatic hydroxyl groups is 1. The van der Waals surface area contributed by atoms with Crippen LogP contribution in [0, 0.1) is 0 Å². The minimum Gasteiger partial charge on any atom is -0.394 e. The van der Waals surface area contributed by atoms with Crippen molar-refractivity contribution in [2.24, 2.45) is 0 Å². The molecule has 1 fully saturated rings.